The fourth-order valence-corrected chi connectivity index (χ4v) is 4.49. The van der Waals surface area contributed by atoms with Gasteiger partial charge in [-0.25, -0.2) is 0 Å². The molecule has 0 bridgehead atoms. The molecule has 1 fully saturated rings. The van der Waals surface area contributed by atoms with Gasteiger partial charge >= 0.3 is 0 Å². The van der Waals surface area contributed by atoms with E-state index < -0.39 is 0 Å². The lowest BCUT2D eigenvalue weighted by Gasteiger charge is -2.34. The van der Waals surface area contributed by atoms with Crippen molar-refractivity contribution in [2.24, 2.45) is 0 Å². The van der Waals surface area contributed by atoms with Crippen molar-refractivity contribution in [3.05, 3.63) is 95.8 Å². The summed E-state index contributed by atoms with van der Waals surface area (Å²) in [5.41, 5.74) is 3.51. The van der Waals surface area contributed by atoms with E-state index >= 15 is 0 Å². The highest BCUT2D eigenvalue weighted by Crippen LogP contribution is 2.34. The van der Waals surface area contributed by atoms with Crippen LogP contribution in [0.2, 0.25) is 0 Å². The van der Waals surface area contributed by atoms with Gasteiger partial charge in [0.1, 0.15) is 12.4 Å². The normalized spacial score (nSPS) is 18.2. The standard InChI is InChI=1S/C28H32N2O2/c1-30(28(31)19-12-22-8-4-2-5-9-22)25-15-13-24(14-16-25)27-18-17-26(20-29-27)32-21-23-10-6-3-7-11-23/h2-11,17-18,20,24-25H,12-16,19,21H2,1H3/t24-,25-. The van der Waals surface area contributed by atoms with Gasteiger partial charge in [0.15, 0.2) is 0 Å². The summed E-state index contributed by atoms with van der Waals surface area (Å²) < 4.78 is 5.86. The molecule has 4 heteroatoms. The first-order valence-corrected chi connectivity index (χ1v) is 11.6. The van der Waals surface area contributed by atoms with E-state index in [0.29, 0.717) is 25.0 Å². The van der Waals surface area contributed by atoms with E-state index in [0.717, 1.165) is 49.1 Å². The Morgan fingerprint density at radius 3 is 2.19 bits per heavy atom. The molecule has 2 aromatic carbocycles. The third-order valence-electron chi connectivity index (χ3n) is 6.53. The van der Waals surface area contributed by atoms with Crippen molar-refractivity contribution in [1.29, 1.82) is 0 Å². The van der Waals surface area contributed by atoms with E-state index in [1.165, 1.54) is 5.56 Å². The van der Waals surface area contributed by atoms with Gasteiger partial charge in [-0.15, -0.1) is 0 Å². The Kier molecular flexibility index (Phi) is 7.55. The van der Waals surface area contributed by atoms with Gasteiger partial charge in [0.2, 0.25) is 5.91 Å². The van der Waals surface area contributed by atoms with Crippen LogP contribution in [0.4, 0.5) is 0 Å². The second-order valence-corrected chi connectivity index (χ2v) is 8.69. The van der Waals surface area contributed by atoms with E-state index in [2.05, 4.69) is 35.3 Å². The van der Waals surface area contributed by atoms with E-state index in [-0.39, 0.29) is 5.91 Å². The average molecular weight is 429 g/mol. The Hall–Kier alpha value is -3.14. The minimum Gasteiger partial charge on any atom is -0.487 e. The van der Waals surface area contributed by atoms with Crippen LogP contribution in [0.25, 0.3) is 0 Å². The molecule has 4 nitrogen and oxygen atoms in total. The van der Waals surface area contributed by atoms with Gasteiger partial charge in [-0.2, -0.15) is 0 Å². The van der Waals surface area contributed by atoms with Gasteiger partial charge < -0.3 is 9.64 Å². The molecule has 0 unspecified atom stereocenters. The van der Waals surface area contributed by atoms with Crippen LogP contribution in [0.5, 0.6) is 5.75 Å². The number of hydrogen-bond acceptors (Lipinski definition) is 3. The second-order valence-electron chi connectivity index (χ2n) is 8.69. The minimum absolute atomic E-state index is 0.246. The lowest BCUT2D eigenvalue weighted by atomic mass is 9.83. The number of hydrogen-bond donors (Lipinski definition) is 0. The smallest absolute Gasteiger partial charge is 0.222 e. The second kappa shape index (κ2) is 10.9. The van der Waals surface area contributed by atoms with Crippen LogP contribution in [0.3, 0.4) is 0 Å². The number of aryl methyl sites for hydroxylation is 1. The molecule has 1 amide bonds. The number of aromatic nitrogens is 1. The van der Waals surface area contributed by atoms with Crippen LogP contribution in [0, 0.1) is 0 Å². The fraction of sp³-hybridized carbons (Fsp3) is 0.357. The average Bonchev–Trinajstić information content (AvgIpc) is 2.87. The summed E-state index contributed by atoms with van der Waals surface area (Å²) in [5.74, 6) is 1.51. The van der Waals surface area contributed by atoms with Crippen molar-refractivity contribution in [2.75, 3.05) is 7.05 Å². The Morgan fingerprint density at radius 2 is 1.56 bits per heavy atom. The van der Waals surface area contributed by atoms with Crippen LogP contribution in [-0.4, -0.2) is 28.9 Å². The van der Waals surface area contributed by atoms with E-state index in [1.54, 1.807) is 0 Å². The highest BCUT2D eigenvalue weighted by molar-refractivity contribution is 5.76. The summed E-state index contributed by atoms with van der Waals surface area (Å²) in [6.07, 6.45) is 7.42. The molecule has 166 valence electrons. The molecular weight excluding hydrogens is 396 g/mol. The molecule has 1 aromatic heterocycles. The van der Waals surface area contributed by atoms with E-state index in [4.69, 9.17) is 4.74 Å². The maximum atomic E-state index is 12.7. The van der Waals surface area contributed by atoms with Gasteiger partial charge in [-0.3, -0.25) is 9.78 Å². The van der Waals surface area contributed by atoms with Crippen molar-refractivity contribution >= 4 is 5.91 Å². The molecule has 1 saturated carbocycles. The molecule has 4 rings (SSSR count). The topological polar surface area (TPSA) is 42.4 Å². The van der Waals surface area contributed by atoms with Crippen LogP contribution >= 0.6 is 0 Å². The molecular formula is C28H32N2O2. The summed E-state index contributed by atoms with van der Waals surface area (Å²) >= 11 is 0. The molecule has 1 heterocycles. The zero-order valence-electron chi connectivity index (χ0n) is 18.8. The number of nitrogens with zero attached hydrogens (tertiary/aromatic N) is 2. The third-order valence-corrected chi connectivity index (χ3v) is 6.53. The molecule has 0 N–H and O–H groups in total. The number of ether oxygens (including phenoxy) is 1. The number of carbonyl (C=O) groups is 1. The zero-order chi connectivity index (χ0) is 22.2. The van der Waals surface area contributed by atoms with Crippen LogP contribution in [0.1, 0.15) is 54.8 Å². The predicted molar refractivity (Wildman–Crippen MR) is 128 cm³/mol. The lowest BCUT2D eigenvalue weighted by molar-refractivity contribution is -0.132. The first kappa shape index (κ1) is 22.1. The number of pyridine rings is 1. The SMILES string of the molecule is CN(C(=O)CCc1ccccc1)[C@H]1CC[C@H](c2ccc(OCc3ccccc3)cn2)CC1. The first-order chi connectivity index (χ1) is 15.7. The van der Waals surface area contributed by atoms with Crippen LogP contribution in [-0.2, 0) is 17.8 Å². The molecule has 0 aliphatic heterocycles. The fourth-order valence-electron chi connectivity index (χ4n) is 4.49. The summed E-state index contributed by atoms with van der Waals surface area (Å²) in [4.78, 5) is 19.3. The van der Waals surface area contributed by atoms with E-state index in [9.17, 15) is 4.79 Å². The van der Waals surface area contributed by atoms with Gasteiger partial charge in [-0.1, -0.05) is 60.7 Å². The molecule has 0 radical (unpaired) electrons. The van der Waals surface area contributed by atoms with Crippen molar-refractivity contribution in [3.63, 3.8) is 0 Å². The van der Waals surface area contributed by atoms with E-state index in [1.807, 2.05) is 60.6 Å². The molecule has 0 saturated heterocycles. The Labute approximate surface area is 191 Å². The van der Waals surface area contributed by atoms with Gasteiger partial charge in [0.05, 0.1) is 6.20 Å². The molecule has 0 spiro atoms. The highest BCUT2D eigenvalue weighted by Gasteiger charge is 2.27. The maximum absolute atomic E-state index is 12.7. The third kappa shape index (κ3) is 5.97. The molecule has 0 atom stereocenters. The number of rotatable bonds is 8. The van der Waals surface area contributed by atoms with Gasteiger partial charge in [-0.05, 0) is 55.4 Å². The minimum atomic E-state index is 0.246. The van der Waals surface area contributed by atoms with Crippen molar-refractivity contribution in [1.82, 2.24) is 9.88 Å². The van der Waals surface area contributed by atoms with Gasteiger partial charge in [0, 0.05) is 31.1 Å². The molecule has 1 aliphatic carbocycles. The van der Waals surface area contributed by atoms with Crippen LogP contribution in [0.15, 0.2) is 79.0 Å². The van der Waals surface area contributed by atoms with Crippen molar-refractivity contribution in [2.45, 2.75) is 57.1 Å². The highest BCUT2D eigenvalue weighted by atomic mass is 16.5. The quantitative estimate of drug-likeness (QED) is 0.457. The van der Waals surface area contributed by atoms with Crippen molar-refractivity contribution < 1.29 is 9.53 Å². The Balaban J connectivity index is 1.22. The molecule has 1 aliphatic rings. The first-order valence-electron chi connectivity index (χ1n) is 11.6. The van der Waals surface area contributed by atoms with Gasteiger partial charge in [0.25, 0.3) is 0 Å². The number of benzene rings is 2. The Morgan fingerprint density at radius 1 is 0.906 bits per heavy atom. The predicted octanol–water partition coefficient (Wildman–Crippen LogP) is 5.78. The monoisotopic (exact) mass is 428 g/mol. The molecule has 3 aromatic rings. The Bertz CT molecular complexity index is 965. The summed E-state index contributed by atoms with van der Waals surface area (Å²) in [5, 5.41) is 0. The summed E-state index contributed by atoms with van der Waals surface area (Å²) in [6.45, 7) is 0.553. The number of carbonyl (C=O) groups excluding carboxylic acids is 1. The maximum Gasteiger partial charge on any atom is 0.222 e. The summed E-state index contributed by atoms with van der Waals surface area (Å²) in [7, 11) is 1.97. The largest absolute Gasteiger partial charge is 0.487 e. The molecule has 32 heavy (non-hydrogen) atoms. The van der Waals surface area contributed by atoms with Crippen molar-refractivity contribution in [3.8, 4) is 5.75 Å². The lowest BCUT2D eigenvalue weighted by Crippen LogP contribution is -2.39. The summed E-state index contributed by atoms with van der Waals surface area (Å²) in [6, 6.07) is 24.9. The number of amides is 1. The zero-order valence-corrected chi connectivity index (χ0v) is 18.8. The van der Waals surface area contributed by atoms with Crippen LogP contribution < -0.4 is 4.74 Å².